The van der Waals surface area contributed by atoms with Gasteiger partial charge in [0.2, 0.25) is 0 Å². The van der Waals surface area contributed by atoms with Crippen LogP contribution in [0.25, 0.3) is 76.2 Å². The maximum absolute atomic E-state index is 6.47. The summed E-state index contributed by atoms with van der Waals surface area (Å²) in [6.45, 7) is 0. The summed E-state index contributed by atoms with van der Waals surface area (Å²) in [5.41, 5.74) is 7.44. The van der Waals surface area contributed by atoms with E-state index in [9.17, 15) is 0 Å². The van der Waals surface area contributed by atoms with Gasteiger partial charge in [0.1, 0.15) is 11.2 Å². The number of rotatable bonds is 4. The van der Waals surface area contributed by atoms with E-state index in [1.54, 1.807) is 0 Å². The van der Waals surface area contributed by atoms with Crippen LogP contribution in [-0.4, -0.2) is 0 Å². The molecule has 0 aliphatic heterocycles. The van der Waals surface area contributed by atoms with Gasteiger partial charge in [0.15, 0.2) is 0 Å². The smallest absolute Gasteiger partial charge is 0.137 e. The molecule has 10 rings (SSSR count). The predicted octanol–water partition coefficient (Wildman–Crippen LogP) is 13.3. The van der Waals surface area contributed by atoms with Crippen molar-refractivity contribution in [3.8, 4) is 11.1 Å². The number of nitrogens with zero attached hydrogens (tertiary/aromatic N) is 1. The molecule has 0 saturated carbocycles. The van der Waals surface area contributed by atoms with Gasteiger partial charge in [-0.2, -0.15) is 0 Å². The monoisotopic (exact) mass is 611 g/mol. The third-order valence-electron chi connectivity index (χ3n) is 9.82. The fourth-order valence-electron chi connectivity index (χ4n) is 7.60. The molecule has 0 fully saturated rings. The summed E-state index contributed by atoms with van der Waals surface area (Å²) in [6, 6.07) is 63.2. The lowest BCUT2D eigenvalue weighted by Crippen LogP contribution is -2.09. The van der Waals surface area contributed by atoms with Crippen LogP contribution in [0.3, 0.4) is 0 Å². The van der Waals surface area contributed by atoms with Gasteiger partial charge in [0, 0.05) is 33.9 Å². The fraction of sp³-hybridized carbons (Fsp3) is 0. The SMILES string of the molecule is c1ccc(N(c2ccc(-c3cccc4c3ccc3ccc5ccccc5c34)cc2)c2ccc3c(c2)oc2ccc4ccccc4c23)cc1. The Hall–Kier alpha value is -6.38. The Morgan fingerprint density at radius 3 is 1.75 bits per heavy atom. The molecular weight excluding hydrogens is 583 g/mol. The quantitative estimate of drug-likeness (QED) is 0.184. The first-order chi connectivity index (χ1) is 23.8. The van der Waals surface area contributed by atoms with Crippen molar-refractivity contribution in [3.05, 3.63) is 176 Å². The van der Waals surface area contributed by atoms with Crippen molar-refractivity contribution < 1.29 is 4.42 Å². The van der Waals surface area contributed by atoms with E-state index in [1.807, 2.05) is 0 Å². The van der Waals surface area contributed by atoms with E-state index in [4.69, 9.17) is 4.42 Å². The third kappa shape index (κ3) is 4.13. The zero-order valence-corrected chi connectivity index (χ0v) is 26.1. The first-order valence-electron chi connectivity index (χ1n) is 16.4. The second-order valence-corrected chi connectivity index (χ2v) is 12.5. The highest BCUT2D eigenvalue weighted by molar-refractivity contribution is 6.22. The molecule has 9 aromatic carbocycles. The van der Waals surface area contributed by atoms with Crippen molar-refractivity contribution in [2.45, 2.75) is 0 Å². The van der Waals surface area contributed by atoms with Gasteiger partial charge < -0.3 is 9.32 Å². The van der Waals surface area contributed by atoms with Gasteiger partial charge in [-0.3, -0.25) is 0 Å². The average Bonchev–Trinajstić information content (AvgIpc) is 3.54. The molecule has 0 spiro atoms. The summed E-state index contributed by atoms with van der Waals surface area (Å²) in [6.07, 6.45) is 0. The normalized spacial score (nSPS) is 11.8. The van der Waals surface area contributed by atoms with Gasteiger partial charge >= 0.3 is 0 Å². The zero-order valence-electron chi connectivity index (χ0n) is 26.1. The van der Waals surface area contributed by atoms with Crippen LogP contribution in [0.15, 0.2) is 180 Å². The fourth-order valence-corrected chi connectivity index (χ4v) is 7.60. The van der Waals surface area contributed by atoms with Gasteiger partial charge in [-0.05, 0) is 96.7 Å². The van der Waals surface area contributed by atoms with Crippen molar-refractivity contribution in [3.63, 3.8) is 0 Å². The van der Waals surface area contributed by atoms with Gasteiger partial charge in [-0.1, -0.05) is 127 Å². The Labute approximate surface area is 277 Å². The third-order valence-corrected chi connectivity index (χ3v) is 9.82. The van der Waals surface area contributed by atoms with Gasteiger partial charge in [-0.25, -0.2) is 0 Å². The second-order valence-electron chi connectivity index (χ2n) is 12.5. The number of para-hydroxylation sites is 1. The zero-order chi connectivity index (χ0) is 31.6. The Morgan fingerprint density at radius 1 is 0.333 bits per heavy atom. The molecule has 1 heterocycles. The molecule has 48 heavy (non-hydrogen) atoms. The van der Waals surface area contributed by atoms with E-state index in [-0.39, 0.29) is 0 Å². The first kappa shape index (κ1) is 26.8. The van der Waals surface area contributed by atoms with Crippen LogP contribution >= 0.6 is 0 Å². The van der Waals surface area contributed by atoms with Crippen LogP contribution in [0.4, 0.5) is 17.1 Å². The Morgan fingerprint density at radius 2 is 0.938 bits per heavy atom. The largest absolute Gasteiger partial charge is 0.456 e. The van der Waals surface area contributed by atoms with E-state index in [1.165, 1.54) is 59.6 Å². The summed E-state index contributed by atoms with van der Waals surface area (Å²) in [7, 11) is 0. The molecule has 0 unspecified atom stereocenters. The predicted molar refractivity (Wildman–Crippen MR) is 204 cm³/mol. The number of benzene rings is 9. The van der Waals surface area contributed by atoms with Crippen LogP contribution in [0, 0.1) is 0 Å². The number of furan rings is 1. The second kappa shape index (κ2) is 10.6. The number of fused-ring (bicyclic) bond motifs is 10. The number of hydrogen-bond donors (Lipinski definition) is 0. The minimum absolute atomic E-state index is 0.881. The molecule has 0 aliphatic rings. The lowest BCUT2D eigenvalue weighted by atomic mass is 9.92. The molecule has 224 valence electrons. The summed E-state index contributed by atoms with van der Waals surface area (Å²) in [5.74, 6) is 0. The van der Waals surface area contributed by atoms with Crippen LogP contribution in [0.1, 0.15) is 0 Å². The highest BCUT2D eigenvalue weighted by atomic mass is 16.3. The van der Waals surface area contributed by atoms with Gasteiger partial charge in [0.25, 0.3) is 0 Å². The van der Waals surface area contributed by atoms with Gasteiger partial charge in [-0.15, -0.1) is 0 Å². The topological polar surface area (TPSA) is 16.4 Å². The highest BCUT2D eigenvalue weighted by Gasteiger charge is 2.17. The van der Waals surface area contributed by atoms with E-state index in [2.05, 4.69) is 181 Å². The van der Waals surface area contributed by atoms with Crippen molar-refractivity contribution in [2.24, 2.45) is 0 Å². The van der Waals surface area contributed by atoms with Crippen molar-refractivity contribution in [1.82, 2.24) is 0 Å². The molecule has 1 aromatic heterocycles. The number of hydrogen-bond acceptors (Lipinski definition) is 2. The maximum Gasteiger partial charge on any atom is 0.137 e. The molecule has 0 bridgehead atoms. The maximum atomic E-state index is 6.47. The molecular formula is C46H29NO. The molecule has 0 N–H and O–H groups in total. The standard InChI is InChI=1S/C46H29NO/c1-2-11-34(12-3-1)47(36-25-27-42-44(29-36)48-43-28-22-31-10-5-7-14-39(31)46(42)43)35-23-19-32(20-24-35)37-15-8-16-41-40(37)26-21-33-18-17-30-9-4-6-13-38(30)45(33)41/h1-29H. The Bertz CT molecular complexity index is 2830. The van der Waals surface area contributed by atoms with Crippen molar-refractivity contribution >= 4 is 82.1 Å². The lowest BCUT2D eigenvalue weighted by Gasteiger charge is -2.25. The molecule has 2 nitrogen and oxygen atoms in total. The van der Waals surface area contributed by atoms with E-state index < -0.39 is 0 Å². The summed E-state index contributed by atoms with van der Waals surface area (Å²) >= 11 is 0. The molecule has 0 saturated heterocycles. The molecule has 2 heteroatoms. The van der Waals surface area contributed by atoms with Gasteiger partial charge in [0.05, 0.1) is 0 Å². The summed E-state index contributed by atoms with van der Waals surface area (Å²) < 4.78 is 6.47. The Kier molecular flexibility index (Phi) is 5.91. The lowest BCUT2D eigenvalue weighted by molar-refractivity contribution is 0.669. The van der Waals surface area contributed by atoms with Crippen LogP contribution < -0.4 is 4.90 Å². The van der Waals surface area contributed by atoms with Crippen LogP contribution in [0.5, 0.6) is 0 Å². The van der Waals surface area contributed by atoms with Crippen LogP contribution in [0.2, 0.25) is 0 Å². The summed E-state index contributed by atoms with van der Waals surface area (Å²) in [5, 5.41) is 12.4. The van der Waals surface area contributed by atoms with Crippen molar-refractivity contribution in [1.29, 1.82) is 0 Å². The minimum atomic E-state index is 0.881. The van der Waals surface area contributed by atoms with E-state index in [0.717, 1.165) is 33.6 Å². The highest BCUT2D eigenvalue weighted by Crippen LogP contribution is 2.42. The molecule has 10 aromatic rings. The molecule has 0 radical (unpaired) electrons. The van der Waals surface area contributed by atoms with Crippen molar-refractivity contribution in [2.75, 3.05) is 4.90 Å². The van der Waals surface area contributed by atoms with E-state index >= 15 is 0 Å². The Balaban J connectivity index is 1.10. The minimum Gasteiger partial charge on any atom is -0.456 e. The first-order valence-corrected chi connectivity index (χ1v) is 16.4. The molecule has 0 atom stereocenters. The summed E-state index contributed by atoms with van der Waals surface area (Å²) in [4.78, 5) is 2.30. The molecule has 0 aliphatic carbocycles. The average molecular weight is 612 g/mol. The van der Waals surface area contributed by atoms with Crippen LogP contribution in [-0.2, 0) is 0 Å². The van der Waals surface area contributed by atoms with E-state index in [0.29, 0.717) is 0 Å². The number of anilines is 3. The molecule has 0 amide bonds.